The van der Waals surface area contributed by atoms with Crippen LogP contribution in [0.5, 0.6) is 5.88 Å². The van der Waals surface area contributed by atoms with Crippen molar-refractivity contribution in [3.8, 4) is 17.0 Å². The van der Waals surface area contributed by atoms with E-state index in [2.05, 4.69) is 16.4 Å². The molecule has 8 nitrogen and oxygen atoms in total. The van der Waals surface area contributed by atoms with Crippen molar-refractivity contribution >= 4 is 21.7 Å². The molecule has 0 radical (unpaired) electrons. The highest BCUT2D eigenvalue weighted by molar-refractivity contribution is 7.89. The maximum Gasteiger partial charge on any atom is 0.332 e. The predicted octanol–water partition coefficient (Wildman–Crippen LogP) is 3.04. The molecule has 1 unspecified atom stereocenters. The second-order valence-electron chi connectivity index (χ2n) is 7.53. The number of rotatable bonds is 7. The molecule has 0 bridgehead atoms. The average Bonchev–Trinajstić information content (AvgIpc) is 3.08. The molecule has 2 amide bonds. The lowest BCUT2D eigenvalue weighted by molar-refractivity contribution is 0.0890. The third-order valence-corrected chi connectivity index (χ3v) is 5.42. The Kier molecular flexibility index (Phi) is 6.62. The van der Waals surface area contributed by atoms with Gasteiger partial charge >= 0.3 is 6.03 Å². The number of benzene rings is 1. The lowest BCUT2D eigenvalue weighted by Crippen LogP contribution is -2.34. The molecule has 3 rings (SSSR count). The minimum absolute atomic E-state index is 0.169. The highest BCUT2D eigenvalue weighted by atomic mass is 32.2. The van der Waals surface area contributed by atoms with Crippen molar-refractivity contribution in [3.63, 3.8) is 0 Å². The average molecular weight is 434 g/mol. The number of aryl methyl sites for hydroxylation is 2. The van der Waals surface area contributed by atoms with E-state index in [9.17, 15) is 13.2 Å². The number of carbonyl (C=O) groups is 1. The Morgan fingerprint density at radius 1 is 1.30 bits per heavy atom. The number of amides is 2. The number of methoxy groups -OCH3 is 1. The topological polar surface area (TPSA) is 107 Å². The summed E-state index contributed by atoms with van der Waals surface area (Å²) < 4.78 is 35.9. The largest absolute Gasteiger partial charge is 0.472 e. The second kappa shape index (κ2) is 9.01. The van der Waals surface area contributed by atoms with Crippen LogP contribution in [0.15, 0.2) is 24.4 Å². The van der Waals surface area contributed by atoms with E-state index in [1.165, 1.54) is 5.56 Å². The molecule has 1 aliphatic rings. The fourth-order valence-corrected chi connectivity index (χ4v) is 4.20. The number of anilines is 1. The van der Waals surface area contributed by atoms with Crippen molar-refractivity contribution in [1.29, 1.82) is 0 Å². The van der Waals surface area contributed by atoms with Gasteiger partial charge in [-0.2, -0.15) is 0 Å². The van der Waals surface area contributed by atoms with Crippen molar-refractivity contribution in [2.24, 2.45) is 0 Å². The molecular formula is C21H27N3O5S. The molecule has 0 fully saturated rings. The zero-order chi connectivity index (χ0) is 21.9. The quantitative estimate of drug-likeness (QED) is 0.695. The molecule has 2 aromatic rings. The number of aromatic nitrogens is 1. The molecule has 1 aliphatic carbocycles. The first-order valence-electron chi connectivity index (χ1n) is 9.74. The van der Waals surface area contributed by atoms with Crippen LogP contribution in [0.4, 0.5) is 10.5 Å². The summed E-state index contributed by atoms with van der Waals surface area (Å²) in [5.74, 6) is 0.448. The van der Waals surface area contributed by atoms with E-state index in [1.807, 2.05) is 30.7 Å². The van der Waals surface area contributed by atoms with Gasteiger partial charge in [-0.05, 0) is 61.4 Å². The van der Waals surface area contributed by atoms with Crippen molar-refractivity contribution in [2.45, 2.75) is 39.2 Å². The third kappa shape index (κ3) is 5.28. The van der Waals surface area contributed by atoms with Gasteiger partial charge < -0.3 is 14.8 Å². The number of hydrogen-bond donors (Lipinski definition) is 2. The summed E-state index contributed by atoms with van der Waals surface area (Å²) in [7, 11) is -2.07. The molecule has 1 heterocycles. The van der Waals surface area contributed by atoms with Crippen LogP contribution in [0.2, 0.25) is 0 Å². The summed E-state index contributed by atoms with van der Waals surface area (Å²) in [4.78, 5) is 16.6. The number of urea groups is 1. The molecule has 2 N–H and O–H groups in total. The number of sulfonamides is 1. The number of ether oxygens (including phenoxy) is 2. The molecule has 0 saturated carbocycles. The Morgan fingerprint density at radius 3 is 2.77 bits per heavy atom. The van der Waals surface area contributed by atoms with E-state index in [0.29, 0.717) is 18.2 Å². The van der Waals surface area contributed by atoms with Crippen LogP contribution in [0, 0.1) is 6.92 Å². The number of hydrogen-bond acceptors (Lipinski definition) is 6. The number of nitrogens with one attached hydrogen (secondary N) is 2. The molecule has 0 aliphatic heterocycles. The predicted molar refractivity (Wildman–Crippen MR) is 115 cm³/mol. The third-order valence-electron chi connectivity index (χ3n) is 4.86. The van der Waals surface area contributed by atoms with Crippen LogP contribution < -0.4 is 14.8 Å². The van der Waals surface area contributed by atoms with E-state index >= 15 is 0 Å². The lowest BCUT2D eigenvalue weighted by Gasteiger charge is -2.20. The van der Waals surface area contributed by atoms with Gasteiger partial charge in [0.1, 0.15) is 6.10 Å². The summed E-state index contributed by atoms with van der Waals surface area (Å²) >= 11 is 0. The van der Waals surface area contributed by atoms with E-state index in [4.69, 9.17) is 9.47 Å². The molecule has 162 valence electrons. The van der Waals surface area contributed by atoms with Gasteiger partial charge in [0.25, 0.3) is 0 Å². The monoisotopic (exact) mass is 433 g/mol. The summed E-state index contributed by atoms with van der Waals surface area (Å²) in [6, 6.07) is 5.01. The van der Waals surface area contributed by atoms with Crippen molar-refractivity contribution < 1.29 is 22.7 Å². The maximum absolute atomic E-state index is 12.4. The molecule has 0 spiro atoms. The Bertz CT molecular complexity index is 1050. The standard InChI is InChI=1S/C21H27N3O5S/c1-13-10-15-6-5-7-17(15)20(23-21(25)24-30(4,26)27)19(13)16-8-9-22-18(11-16)29-14(2)12-28-3/h8-11,14H,5-7,12H2,1-4H3,(H2,23,24,25). The van der Waals surface area contributed by atoms with Gasteiger partial charge in [-0.1, -0.05) is 6.07 Å². The lowest BCUT2D eigenvalue weighted by atomic mass is 9.93. The molecule has 9 heteroatoms. The number of carbonyl (C=O) groups excluding carboxylic acids is 1. The summed E-state index contributed by atoms with van der Waals surface area (Å²) in [5, 5.41) is 2.78. The highest BCUT2D eigenvalue weighted by Crippen LogP contribution is 2.40. The fourth-order valence-electron chi connectivity index (χ4n) is 3.82. The van der Waals surface area contributed by atoms with Crippen molar-refractivity contribution in [3.05, 3.63) is 41.1 Å². The van der Waals surface area contributed by atoms with E-state index in [-0.39, 0.29) is 6.10 Å². The number of pyridine rings is 1. The summed E-state index contributed by atoms with van der Waals surface area (Å²) in [6.45, 7) is 4.30. The van der Waals surface area contributed by atoms with Crippen molar-refractivity contribution in [2.75, 3.05) is 25.3 Å². The Morgan fingerprint density at radius 2 is 2.07 bits per heavy atom. The van der Waals surface area contributed by atoms with Crippen LogP contribution in [-0.4, -0.2) is 45.5 Å². The first-order chi connectivity index (χ1) is 14.2. The zero-order valence-electron chi connectivity index (χ0n) is 17.6. The first kappa shape index (κ1) is 22.0. The van der Waals surface area contributed by atoms with Gasteiger partial charge in [0.15, 0.2) is 0 Å². The maximum atomic E-state index is 12.4. The van der Waals surface area contributed by atoms with Crippen LogP contribution >= 0.6 is 0 Å². The van der Waals surface area contributed by atoms with Gasteiger partial charge in [0, 0.05) is 24.9 Å². The summed E-state index contributed by atoms with van der Waals surface area (Å²) in [6.07, 6.45) is 5.16. The Balaban J connectivity index is 2.03. The molecule has 1 atom stereocenters. The smallest absolute Gasteiger partial charge is 0.332 e. The first-order valence-corrected chi connectivity index (χ1v) is 11.6. The van der Waals surface area contributed by atoms with Gasteiger partial charge in [0.05, 0.1) is 18.6 Å². The van der Waals surface area contributed by atoms with Gasteiger partial charge in [-0.15, -0.1) is 0 Å². The highest BCUT2D eigenvalue weighted by Gasteiger charge is 2.23. The molecular weight excluding hydrogens is 406 g/mol. The van der Waals surface area contributed by atoms with E-state index < -0.39 is 16.1 Å². The zero-order valence-corrected chi connectivity index (χ0v) is 18.4. The molecule has 1 aromatic heterocycles. The minimum Gasteiger partial charge on any atom is -0.472 e. The summed E-state index contributed by atoms with van der Waals surface area (Å²) in [5.41, 5.74) is 5.46. The molecule has 1 aromatic carbocycles. The van der Waals surface area contributed by atoms with Crippen LogP contribution in [-0.2, 0) is 27.6 Å². The Labute approximate surface area is 177 Å². The normalized spacial score (nSPS) is 14.1. The van der Waals surface area contributed by atoms with E-state index in [1.54, 1.807) is 13.3 Å². The molecule has 0 saturated heterocycles. The number of fused-ring (bicyclic) bond motifs is 1. The van der Waals surface area contributed by atoms with E-state index in [0.717, 1.165) is 47.8 Å². The second-order valence-corrected chi connectivity index (χ2v) is 9.28. The van der Waals surface area contributed by atoms with Gasteiger partial charge in [0.2, 0.25) is 15.9 Å². The van der Waals surface area contributed by atoms with Crippen LogP contribution in [0.25, 0.3) is 11.1 Å². The Hall–Kier alpha value is -2.65. The van der Waals surface area contributed by atoms with Gasteiger partial charge in [-0.25, -0.2) is 22.9 Å². The fraction of sp³-hybridized carbons (Fsp3) is 0.429. The number of nitrogens with zero attached hydrogens (tertiary/aromatic N) is 1. The molecule has 30 heavy (non-hydrogen) atoms. The SMILES string of the molecule is COCC(C)Oc1cc(-c2c(C)cc3c(c2NC(=O)NS(C)(=O)=O)CCC3)ccn1. The minimum atomic E-state index is -3.67. The van der Waals surface area contributed by atoms with Crippen LogP contribution in [0.3, 0.4) is 0 Å². The van der Waals surface area contributed by atoms with Crippen LogP contribution in [0.1, 0.15) is 30.0 Å². The van der Waals surface area contributed by atoms with Crippen molar-refractivity contribution in [1.82, 2.24) is 9.71 Å². The van der Waals surface area contributed by atoms with Gasteiger partial charge in [-0.3, -0.25) is 0 Å².